The first-order valence-electron chi connectivity index (χ1n) is 5.05. The van der Waals surface area contributed by atoms with Crippen molar-refractivity contribution in [1.82, 2.24) is 4.90 Å². The predicted octanol–water partition coefficient (Wildman–Crippen LogP) is 0.110. The fraction of sp³-hybridized carbons (Fsp3) is 0.900. The normalized spacial score (nSPS) is 19.2. The smallest absolute Gasteiger partial charge is 0.222 e. The SMILES string of the molecule is COCC(C)CC(=O)N1CC(CO)C1. The monoisotopic (exact) mass is 201 g/mol. The molecule has 0 spiro atoms. The summed E-state index contributed by atoms with van der Waals surface area (Å²) in [5.41, 5.74) is 0. The molecule has 1 unspecified atom stereocenters. The molecule has 4 heteroatoms. The van der Waals surface area contributed by atoms with Crippen LogP contribution in [0.15, 0.2) is 0 Å². The van der Waals surface area contributed by atoms with Gasteiger partial charge in [0.2, 0.25) is 5.91 Å². The molecule has 0 aliphatic carbocycles. The molecular formula is C10H19NO3. The lowest BCUT2D eigenvalue weighted by atomic mass is 9.99. The highest BCUT2D eigenvalue weighted by Crippen LogP contribution is 2.17. The van der Waals surface area contributed by atoms with Crippen molar-refractivity contribution in [1.29, 1.82) is 0 Å². The van der Waals surface area contributed by atoms with Crippen LogP contribution in [-0.2, 0) is 9.53 Å². The number of amides is 1. The van der Waals surface area contributed by atoms with Gasteiger partial charge < -0.3 is 14.7 Å². The van der Waals surface area contributed by atoms with Crippen LogP contribution < -0.4 is 0 Å². The van der Waals surface area contributed by atoms with E-state index in [1.54, 1.807) is 12.0 Å². The van der Waals surface area contributed by atoms with E-state index < -0.39 is 0 Å². The topological polar surface area (TPSA) is 49.8 Å². The Balaban J connectivity index is 2.17. The van der Waals surface area contributed by atoms with Gasteiger partial charge in [0.15, 0.2) is 0 Å². The zero-order valence-electron chi connectivity index (χ0n) is 8.90. The highest BCUT2D eigenvalue weighted by Gasteiger charge is 2.30. The van der Waals surface area contributed by atoms with Crippen molar-refractivity contribution in [2.45, 2.75) is 13.3 Å². The Morgan fingerprint density at radius 1 is 1.64 bits per heavy atom. The number of rotatable bonds is 5. The van der Waals surface area contributed by atoms with Gasteiger partial charge in [0.05, 0.1) is 0 Å². The maximum absolute atomic E-state index is 11.6. The summed E-state index contributed by atoms with van der Waals surface area (Å²) in [6.45, 7) is 4.26. The minimum absolute atomic E-state index is 0.180. The van der Waals surface area contributed by atoms with Crippen LogP contribution in [0.3, 0.4) is 0 Å². The lowest BCUT2D eigenvalue weighted by molar-refractivity contribution is -0.139. The molecule has 1 fully saturated rings. The van der Waals surface area contributed by atoms with Gasteiger partial charge in [0.25, 0.3) is 0 Å². The molecule has 1 aliphatic rings. The van der Waals surface area contributed by atoms with E-state index in [9.17, 15) is 4.79 Å². The summed E-state index contributed by atoms with van der Waals surface area (Å²) in [4.78, 5) is 13.4. The fourth-order valence-electron chi connectivity index (χ4n) is 1.66. The second-order valence-electron chi connectivity index (χ2n) is 4.11. The van der Waals surface area contributed by atoms with Gasteiger partial charge in [0.1, 0.15) is 0 Å². The molecule has 1 aliphatic heterocycles. The Hall–Kier alpha value is -0.610. The summed E-state index contributed by atoms with van der Waals surface area (Å²) >= 11 is 0. The molecule has 1 amide bonds. The van der Waals surface area contributed by atoms with E-state index in [0.717, 1.165) is 13.1 Å². The zero-order chi connectivity index (χ0) is 10.6. The number of carbonyl (C=O) groups is 1. The fourth-order valence-corrected chi connectivity index (χ4v) is 1.66. The maximum atomic E-state index is 11.6. The van der Waals surface area contributed by atoms with Crippen molar-refractivity contribution in [3.8, 4) is 0 Å². The molecule has 0 saturated carbocycles. The molecule has 1 N–H and O–H groups in total. The number of likely N-dealkylation sites (tertiary alicyclic amines) is 1. The van der Waals surface area contributed by atoms with E-state index in [2.05, 4.69) is 0 Å². The minimum Gasteiger partial charge on any atom is -0.396 e. The molecule has 0 aromatic carbocycles. The molecule has 14 heavy (non-hydrogen) atoms. The van der Waals surface area contributed by atoms with Gasteiger partial charge in [-0.3, -0.25) is 4.79 Å². The van der Waals surface area contributed by atoms with Crippen molar-refractivity contribution >= 4 is 5.91 Å². The number of hydrogen-bond acceptors (Lipinski definition) is 3. The predicted molar refractivity (Wildman–Crippen MR) is 52.8 cm³/mol. The van der Waals surface area contributed by atoms with Crippen molar-refractivity contribution in [3.63, 3.8) is 0 Å². The van der Waals surface area contributed by atoms with Gasteiger partial charge in [-0.2, -0.15) is 0 Å². The van der Waals surface area contributed by atoms with Crippen LogP contribution in [0, 0.1) is 11.8 Å². The van der Waals surface area contributed by atoms with Gasteiger partial charge in [-0.25, -0.2) is 0 Å². The summed E-state index contributed by atoms with van der Waals surface area (Å²) in [6.07, 6.45) is 0.548. The number of hydrogen-bond donors (Lipinski definition) is 1. The second-order valence-corrected chi connectivity index (χ2v) is 4.11. The van der Waals surface area contributed by atoms with Gasteiger partial charge in [-0.1, -0.05) is 6.92 Å². The van der Waals surface area contributed by atoms with Gasteiger partial charge >= 0.3 is 0 Å². The van der Waals surface area contributed by atoms with Crippen LogP contribution in [-0.4, -0.2) is 49.3 Å². The lowest BCUT2D eigenvalue weighted by Crippen LogP contribution is -2.51. The van der Waals surface area contributed by atoms with E-state index in [-0.39, 0.29) is 18.4 Å². The quantitative estimate of drug-likeness (QED) is 0.687. The average molecular weight is 201 g/mol. The molecule has 1 atom stereocenters. The van der Waals surface area contributed by atoms with Crippen LogP contribution in [0.2, 0.25) is 0 Å². The maximum Gasteiger partial charge on any atom is 0.222 e. The third-order valence-corrected chi connectivity index (χ3v) is 2.54. The summed E-state index contributed by atoms with van der Waals surface area (Å²) in [5.74, 6) is 0.761. The Morgan fingerprint density at radius 2 is 2.29 bits per heavy atom. The van der Waals surface area contributed by atoms with Crippen molar-refractivity contribution in [3.05, 3.63) is 0 Å². The summed E-state index contributed by atoms with van der Waals surface area (Å²) in [7, 11) is 1.65. The molecule has 82 valence electrons. The first-order valence-corrected chi connectivity index (χ1v) is 5.05. The number of ether oxygens (including phenoxy) is 1. The largest absolute Gasteiger partial charge is 0.396 e. The molecule has 1 heterocycles. The number of carbonyl (C=O) groups excluding carboxylic acids is 1. The number of aliphatic hydroxyl groups is 1. The number of aliphatic hydroxyl groups excluding tert-OH is 1. The molecule has 1 rings (SSSR count). The molecule has 1 saturated heterocycles. The Kier molecular flexibility index (Phi) is 4.35. The molecule has 0 aromatic rings. The minimum atomic E-state index is 0.180. The van der Waals surface area contributed by atoms with E-state index in [1.165, 1.54) is 0 Å². The third kappa shape index (κ3) is 2.96. The number of nitrogens with zero attached hydrogens (tertiary/aromatic N) is 1. The first-order chi connectivity index (χ1) is 6.67. The molecular weight excluding hydrogens is 182 g/mol. The third-order valence-electron chi connectivity index (χ3n) is 2.54. The summed E-state index contributed by atoms with van der Waals surface area (Å²) < 4.78 is 4.97. The number of methoxy groups -OCH3 is 1. The van der Waals surface area contributed by atoms with Crippen molar-refractivity contribution in [2.75, 3.05) is 33.4 Å². The average Bonchev–Trinajstić information content (AvgIpc) is 2.02. The molecule has 0 bridgehead atoms. The van der Waals surface area contributed by atoms with Crippen LogP contribution in [0.1, 0.15) is 13.3 Å². The van der Waals surface area contributed by atoms with E-state index >= 15 is 0 Å². The Morgan fingerprint density at radius 3 is 2.79 bits per heavy atom. The second kappa shape index (κ2) is 5.32. The molecule has 4 nitrogen and oxygen atoms in total. The van der Waals surface area contributed by atoms with Gasteiger partial charge in [0, 0.05) is 45.8 Å². The van der Waals surface area contributed by atoms with Crippen LogP contribution in [0.5, 0.6) is 0 Å². The van der Waals surface area contributed by atoms with Crippen LogP contribution in [0.4, 0.5) is 0 Å². The van der Waals surface area contributed by atoms with Gasteiger partial charge in [-0.15, -0.1) is 0 Å². The lowest BCUT2D eigenvalue weighted by Gasteiger charge is -2.38. The highest BCUT2D eigenvalue weighted by atomic mass is 16.5. The first kappa shape index (κ1) is 11.5. The standard InChI is InChI=1S/C10H19NO3/c1-8(7-14-2)3-10(13)11-4-9(5-11)6-12/h8-9,12H,3-7H2,1-2H3. The van der Waals surface area contributed by atoms with Crippen molar-refractivity contribution in [2.24, 2.45) is 11.8 Å². The molecule has 0 radical (unpaired) electrons. The van der Waals surface area contributed by atoms with E-state index in [0.29, 0.717) is 18.9 Å². The summed E-state index contributed by atoms with van der Waals surface area (Å²) in [5, 5.41) is 8.79. The van der Waals surface area contributed by atoms with Gasteiger partial charge in [-0.05, 0) is 5.92 Å². The Bertz CT molecular complexity index is 190. The molecule has 0 aromatic heterocycles. The van der Waals surface area contributed by atoms with Crippen molar-refractivity contribution < 1.29 is 14.6 Å². The van der Waals surface area contributed by atoms with E-state index in [4.69, 9.17) is 9.84 Å². The highest BCUT2D eigenvalue weighted by molar-refractivity contribution is 5.77. The van der Waals surface area contributed by atoms with E-state index in [1.807, 2.05) is 6.92 Å². The van der Waals surface area contributed by atoms with Crippen LogP contribution >= 0.6 is 0 Å². The van der Waals surface area contributed by atoms with Crippen LogP contribution in [0.25, 0.3) is 0 Å². The zero-order valence-corrected chi connectivity index (χ0v) is 8.90. The Labute approximate surface area is 84.8 Å². The summed E-state index contributed by atoms with van der Waals surface area (Å²) in [6, 6.07) is 0.